The first-order valence-corrected chi connectivity index (χ1v) is 21.8. The van der Waals surface area contributed by atoms with Crippen LogP contribution in [0.15, 0.2) is 30.3 Å². The Morgan fingerprint density at radius 2 is 1.27 bits per heavy atom. The molecule has 1 rings (SSSR count). The molecule has 0 saturated carbocycles. The Balaban J connectivity index is 3.25. The van der Waals surface area contributed by atoms with Crippen molar-refractivity contribution in [1.29, 1.82) is 0 Å². The second-order valence-electron chi connectivity index (χ2n) is 17.2. The highest BCUT2D eigenvalue weighted by Gasteiger charge is 2.38. The van der Waals surface area contributed by atoms with Crippen LogP contribution in [0.3, 0.4) is 0 Å². The number of benzene rings is 1. The Morgan fingerprint density at radius 1 is 0.729 bits per heavy atom. The number of nitrogens with one attached hydrogen (secondary N) is 3. The Kier molecular flexibility index (Phi) is 25.9. The average Bonchev–Trinajstić information content (AvgIpc) is 3.16. The molecule has 0 aliphatic heterocycles. The van der Waals surface area contributed by atoms with Crippen LogP contribution in [0.4, 0.5) is 4.79 Å². The van der Waals surface area contributed by atoms with Crippen LogP contribution in [-0.4, -0.2) is 93.8 Å². The highest BCUT2D eigenvalue weighted by molar-refractivity contribution is 5.93. The van der Waals surface area contributed by atoms with Crippen LogP contribution >= 0.6 is 0 Å². The van der Waals surface area contributed by atoms with Gasteiger partial charge >= 0.3 is 18.0 Å². The zero-order valence-electron chi connectivity index (χ0n) is 37.3. The quantitative estimate of drug-likeness (QED) is 0.0350. The molecule has 0 spiro atoms. The molecule has 0 bridgehead atoms. The molecule has 1 aromatic rings. The number of aliphatic hydroxyl groups is 2. The summed E-state index contributed by atoms with van der Waals surface area (Å²) < 4.78 is 17.2. The number of amides is 3. The van der Waals surface area contributed by atoms with Crippen LogP contribution in [0.2, 0.25) is 0 Å². The number of hydrogen-bond acceptors (Lipinski definition) is 10. The fourth-order valence-corrected chi connectivity index (χ4v) is 6.74. The van der Waals surface area contributed by atoms with Gasteiger partial charge in [0.1, 0.15) is 23.8 Å². The molecule has 59 heavy (non-hydrogen) atoms. The van der Waals surface area contributed by atoms with Gasteiger partial charge in [-0.3, -0.25) is 14.4 Å². The molecule has 0 aromatic heterocycles. The van der Waals surface area contributed by atoms with E-state index in [1.807, 2.05) is 30.3 Å². The topological polar surface area (TPSA) is 210 Å². The summed E-state index contributed by atoms with van der Waals surface area (Å²) in [5.41, 5.74) is -0.0192. The van der Waals surface area contributed by atoms with E-state index < -0.39 is 89.6 Å². The Morgan fingerprint density at radius 3 is 1.76 bits per heavy atom. The third kappa shape index (κ3) is 21.9. The Bertz CT molecular complexity index is 1370. The molecule has 0 aliphatic rings. The van der Waals surface area contributed by atoms with Gasteiger partial charge in [-0.05, 0) is 58.4 Å². The lowest BCUT2D eigenvalue weighted by Crippen LogP contribution is -2.60. The van der Waals surface area contributed by atoms with Gasteiger partial charge in [-0.1, -0.05) is 129 Å². The average molecular weight is 836 g/mol. The van der Waals surface area contributed by atoms with Gasteiger partial charge in [-0.2, -0.15) is 0 Å². The maximum absolute atomic E-state index is 14.1. The van der Waals surface area contributed by atoms with Crippen molar-refractivity contribution in [3.63, 3.8) is 0 Å². The molecular weight excluding hydrogens is 759 g/mol. The van der Waals surface area contributed by atoms with E-state index in [4.69, 9.17) is 14.2 Å². The largest absolute Gasteiger partial charge is 0.481 e. The molecule has 0 aliphatic carbocycles. The molecule has 14 heteroatoms. The second-order valence-corrected chi connectivity index (χ2v) is 17.2. The second kappa shape index (κ2) is 28.7. The van der Waals surface area contributed by atoms with Gasteiger partial charge in [0.05, 0.1) is 31.3 Å². The van der Waals surface area contributed by atoms with Crippen molar-refractivity contribution in [3.05, 3.63) is 35.9 Å². The van der Waals surface area contributed by atoms with Gasteiger partial charge in [0.15, 0.2) is 6.04 Å². The van der Waals surface area contributed by atoms with Gasteiger partial charge < -0.3 is 45.5 Å². The highest BCUT2D eigenvalue weighted by Crippen LogP contribution is 2.26. The minimum Gasteiger partial charge on any atom is -0.481 e. The van der Waals surface area contributed by atoms with Gasteiger partial charge in [-0.25, -0.2) is 9.59 Å². The summed E-state index contributed by atoms with van der Waals surface area (Å²) in [5.74, 6) is -5.99. The number of carbonyl (C=O) groups is 5. The van der Waals surface area contributed by atoms with Crippen LogP contribution in [0, 0.1) is 17.8 Å². The summed E-state index contributed by atoms with van der Waals surface area (Å²) in [6, 6.07) is 5.07. The van der Waals surface area contributed by atoms with Crippen LogP contribution in [0.25, 0.3) is 0 Å². The smallest absolute Gasteiger partial charge is 0.408 e. The van der Waals surface area contributed by atoms with E-state index in [2.05, 4.69) is 22.9 Å². The molecular formula is C45H77N3O11. The van der Waals surface area contributed by atoms with Crippen LogP contribution < -0.4 is 16.0 Å². The molecule has 3 amide bonds. The van der Waals surface area contributed by atoms with E-state index >= 15 is 0 Å². The Hall–Kier alpha value is -3.75. The van der Waals surface area contributed by atoms with Crippen LogP contribution in [0.5, 0.6) is 0 Å². The first-order valence-electron chi connectivity index (χ1n) is 21.8. The Labute approximate surface area is 353 Å². The van der Waals surface area contributed by atoms with Gasteiger partial charge in [0, 0.05) is 5.92 Å². The van der Waals surface area contributed by atoms with Crippen molar-refractivity contribution in [1.82, 2.24) is 16.0 Å². The SMILES string of the molecule is CCCCCCCCCCCCC[C@@H](OC(=O)[C@H](COCc1ccccc1)NC(=O)[C@@H](NC(=O)[C@@H](NC(=O)OC(C)(C)C)C(C)C)[C@@H](C)O)[C@H](C)[C@@H](O)[C@@H](CC)C(=O)O. The number of carboxylic acids is 1. The zero-order chi connectivity index (χ0) is 44.5. The lowest BCUT2D eigenvalue weighted by Gasteiger charge is -2.32. The number of aliphatic carboxylic acids is 1. The molecule has 0 radical (unpaired) electrons. The predicted molar refractivity (Wildman–Crippen MR) is 227 cm³/mol. The molecule has 6 N–H and O–H groups in total. The first kappa shape index (κ1) is 53.3. The van der Waals surface area contributed by atoms with Crippen molar-refractivity contribution >= 4 is 29.8 Å². The molecule has 14 nitrogen and oxygen atoms in total. The maximum atomic E-state index is 14.1. The van der Waals surface area contributed by atoms with E-state index in [0.29, 0.717) is 12.8 Å². The third-order valence-corrected chi connectivity index (χ3v) is 10.3. The summed E-state index contributed by atoms with van der Waals surface area (Å²) in [6.07, 6.45) is 8.25. The maximum Gasteiger partial charge on any atom is 0.408 e. The van der Waals surface area contributed by atoms with Crippen molar-refractivity contribution in [3.8, 4) is 0 Å². The summed E-state index contributed by atoms with van der Waals surface area (Å²) in [5, 5.41) is 39.3. The van der Waals surface area contributed by atoms with E-state index in [-0.39, 0.29) is 19.6 Å². The molecule has 0 unspecified atom stereocenters. The number of hydrogen-bond donors (Lipinski definition) is 6. The van der Waals surface area contributed by atoms with Gasteiger partial charge in [0.25, 0.3) is 0 Å². The third-order valence-electron chi connectivity index (χ3n) is 10.3. The number of carboxylic acid groups (broad SMARTS) is 1. The summed E-state index contributed by atoms with van der Waals surface area (Å²) in [7, 11) is 0. The highest BCUT2D eigenvalue weighted by atomic mass is 16.6. The molecule has 338 valence electrons. The van der Waals surface area contributed by atoms with Crippen LogP contribution in [0.1, 0.15) is 151 Å². The number of unbranched alkanes of at least 4 members (excludes halogenated alkanes) is 10. The standard InChI is InChI=1S/C45H77N3O11/c1-10-12-13-14-15-16-17-18-19-20-24-27-36(31(5)39(50)34(11-2)42(53)54)58-43(55)35(29-57-28-33-25-22-21-23-26-33)46-41(52)38(32(6)49)47-40(51)37(30(3)4)48-44(56)59-45(7,8)9/h21-23,25-26,30-32,34-39,49-50H,10-20,24,27-29H2,1-9H3,(H,46,52)(H,47,51)(H,48,56)(H,53,54)/t31-,32+,34+,35-,36+,37-,38-,39+/m0/s1. The number of rotatable bonds is 30. The van der Waals surface area contributed by atoms with Crippen molar-refractivity contribution < 1.29 is 53.5 Å². The zero-order valence-corrected chi connectivity index (χ0v) is 37.3. The van der Waals surface area contributed by atoms with E-state index in [1.54, 1.807) is 48.5 Å². The van der Waals surface area contributed by atoms with E-state index in [9.17, 15) is 39.3 Å². The van der Waals surface area contributed by atoms with E-state index in [1.165, 1.54) is 45.4 Å². The fourth-order valence-electron chi connectivity index (χ4n) is 6.74. The van der Waals surface area contributed by atoms with Gasteiger partial charge in [-0.15, -0.1) is 0 Å². The van der Waals surface area contributed by atoms with Crippen molar-refractivity contribution in [2.75, 3.05) is 6.61 Å². The first-order chi connectivity index (χ1) is 27.8. The number of alkyl carbamates (subject to hydrolysis) is 1. The number of carbonyl (C=O) groups excluding carboxylic acids is 4. The number of aliphatic hydroxyl groups excluding tert-OH is 2. The molecule has 8 atom stereocenters. The van der Waals surface area contributed by atoms with Gasteiger partial charge in [0.2, 0.25) is 11.8 Å². The van der Waals surface area contributed by atoms with Crippen LogP contribution in [-0.2, 0) is 40.0 Å². The summed E-state index contributed by atoms with van der Waals surface area (Å²) in [4.78, 5) is 65.9. The molecule has 0 heterocycles. The van der Waals surface area contributed by atoms with E-state index in [0.717, 1.165) is 31.2 Å². The van der Waals surface area contributed by atoms with Crippen molar-refractivity contribution in [2.45, 2.75) is 194 Å². The predicted octanol–water partition coefficient (Wildman–Crippen LogP) is 6.82. The lowest BCUT2D eigenvalue weighted by atomic mass is 9.85. The summed E-state index contributed by atoms with van der Waals surface area (Å²) >= 11 is 0. The molecule has 0 saturated heterocycles. The summed E-state index contributed by atoms with van der Waals surface area (Å²) in [6.45, 7) is 15.0. The monoisotopic (exact) mass is 836 g/mol. The lowest BCUT2D eigenvalue weighted by molar-refractivity contribution is -0.163. The number of esters is 1. The minimum atomic E-state index is -1.55. The molecule has 1 aromatic carbocycles. The van der Waals surface area contributed by atoms with Crippen molar-refractivity contribution in [2.24, 2.45) is 17.8 Å². The normalized spacial score (nSPS) is 15.8. The fraction of sp³-hybridized carbons (Fsp3) is 0.756. The number of ether oxygens (including phenoxy) is 3. The minimum absolute atomic E-state index is 0.0948. The molecule has 0 fully saturated rings.